The lowest BCUT2D eigenvalue weighted by molar-refractivity contribution is 0.107. The van der Waals surface area contributed by atoms with Gasteiger partial charge in [-0.05, 0) is 90.7 Å². The van der Waals surface area contributed by atoms with Crippen molar-refractivity contribution < 1.29 is 28.1 Å². The lowest BCUT2D eigenvalue weighted by Crippen LogP contribution is -2.43. The zero-order chi connectivity index (χ0) is 31.0. The summed E-state index contributed by atoms with van der Waals surface area (Å²) in [5.41, 5.74) is 0.647. The van der Waals surface area contributed by atoms with E-state index in [4.69, 9.17) is 9.72 Å². The number of halogens is 3. The molecular formula is C35H37F3N4O3. The number of phenols is 1. The third kappa shape index (κ3) is 4.71. The van der Waals surface area contributed by atoms with Crippen molar-refractivity contribution in [2.75, 3.05) is 37.7 Å². The zero-order valence-electron chi connectivity index (χ0n) is 25.3. The molecule has 0 radical (unpaired) electrons. The van der Waals surface area contributed by atoms with E-state index in [0.29, 0.717) is 71.5 Å². The number of aromatic nitrogens is 2. The zero-order valence-corrected chi connectivity index (χ0v) is 25.3. The summed E-state index contributed by atoms with van der Waals surface area (Å²) < 4.78 is 52.6. The second kappa shape index (κ2) is 10.7. The third-order valence-corrected chi connectivity index (χ3v) is 10.8. The summed E-state index contributed by atoms with van der Waals surface area (Å²) in [6, 6.07) is 9.43. The molecule has 2 bridgehead atoms. The number of rotatable bonds is 6. The molecule has 1 aromatic heterocycles. The second-order valence-electron chi connectivity index (χ2n) is 13.6. The summed E-state index contributed by atoms with van der Waals surface area (Å²) in [5, 5.41) is 22.9. The largest absolute Gasteiger partial charge is 0.508 e. The number of hydrogen-bond acceptors (Lipinski definition) is 7. The predicted molar refractivity (Wildman–Crippen MR) is 166 cm³/mol. The van der Waals surface area contributed by atoms with E-state index in [-0.39, 0.29) is 47.3 Å². The normalized spacial score (nSPS) is 28.0. The maximum atomic E-state index is 16.9. The molecule has 3 saturated heterocycles. The number of phenolic OH excluding ortho intramolecular Hbond substituents is 1. The number of fused-ring (bicyclic) bond motifs is 5. The molecule has 8 rings (SSSR count). The first kappa shape index (κ1) is 28.8. The van der Waals surface area contributed by atoms with Gasteiger partial charge in [0.15, 0.2) is 5.82 Å². The quantitative estimate of drug-likeness (QED) is 0.268. The van der Waals surface area contributed by atoms with E-state index >= 15 is 4.39 Å². The number of aryl methyl sites for hydroxylation is 1. The van der Waals surface area contributed by atoms with Gasteiger partial charge in [0.2, 0.25) is 0 Å². The van der Waals surface area contributed by atoms with Gasteiger partial charge in [0.1, 0.15) is 35.7 Å². The van der Waals surface area contributed by atoms with Crippen LogP contribution in [0.4, 0.5) is 19.0 Å². The number of ether oxygens (including phenoxy) is 1. The number of alkyl halides is 1. The summed E-state index contributed by atoms with van der Waals surface area (Å²) in [4.78, 5) is 13.7. The SMILES string of the molecule is CCc1c(F)ccc2cc(O)cc(-c3ccc4c(N5CC6CC(O)C(C6)C5)nc(OC[C@@]56CCCN5C[C@H](F)C6)nc4c3F)c12. The summed E-state index contributed by atoms with van der Waals surface area (Å²) in [7, 11) is 0. The first-order valence-electron chi connectivity index (χ1n) is 16.1. The van der Waals surface area contributed by atoms with Gasteiger partial charge in [-0.25, -0.2) is 13.2 Å². The second-order valence-corrected chi connectivity index (χ2v) is 13.6. The highest BCUT2D eigenvalue weighted by Gasteiger charge is 2.49. The molecule has 3 aliphatic heterocycles. The van der Waals surface area contributed by atoms with Gasteiger partial charge in [0.25, 0.3) is 0 Å². The van der Waals surface area contributed by atoms with Gasteiger partial charge in [-0.2, -0.15) is 9.97 Å². The highest BCUT2D eigenvalue weighted by atomic mass is 19.1. The molecule has 2 N–H and O–H groups in total. The van der Waals surface area contributed by atoms with Crippen LogP contribution < -0.4 is 9.64 Å². The Hall–Kier alpha value is -3.63. The Kier molecular flexibility index (Phi) is 6.87. The Bertz CT molecular complexity index is 1820. The molecule has 236 valence electrons. The molecule has 10 heteroatoms. The van der Waals surface area contributed by atoms with E-state index in [1.807, 2.05) is 6.92 Å². The number of hydrogen-bond donors (Lipinski definition) is 2. The molecule has 4 heterocycles. The number of aliphatic hydroxyl groups excluding tert-OH is 1. The number of aromatic hydroxyl groups is 1. The molecular weight excluding hydrogens is 581 g/mol. The number of benzene rings is 3. The third-order valence-electron chi connectivity index (χ3n) is 10.8. The highest BCUT2D eigenvalue weighted by molar-refractivity contribution is 6.03. The van der Waals surface area contributed by atoms with Crippen LogP contribution in [-0.4, -0.2) is 75.7 Å². The van der Waals surface area contributed by atoms with Gasteiger partial charge in [0, 0.05) is 42.9 Å². The average molecular weight is 619 g/mol. The van der Waals surface area contributed by atoms with Crippen molar-refractivity contribution in [3.63, 3.8) is 0 Å². The van der Waals surface area contributed by atoms with Crippen LogP contribution in [0.5, 0.6) is 11.8 Å². The minimum absolute atomic E-state index is 0.0246. The van der Waals surface area contributed by atoms with Crippen LogP contribution in [0.2, 0.25) is 0 Å². The standard InChI is InChI=1S/C35H37F3N4O3/c1-2-24-28(37)7-4-20-12-23(43)13-27(30(20)24)25-5-6-26-32(31(25)38)39-34(45-18-35-8-3-9-42(35)17-22(36)14-35)40-33(26)41-15-19-10-21(16-41)29(44)11-19/h4-7,12-13,19,21-22,29,43-44H,2-3,8-11,14-18H2,1H3/t19?,21?,22-,29?,35+/m1/s1. The van der Waals surface area contributed by atoms with Crippen LogP contribution in [0.25, 0.3) is 32.8 Å². The van der Waals surface area contributed by atoms with E-state index in [2.05, 4.69) is 14.8 Å². The maximum Gasteiger partial charge on any atom is 0.319 e. The van der Waals surface area contributed by atoms with Crippen molar-refractivity contribution in [3.05, 3.63) is 53.6 Å². The maximum absolute atomic E-state index is 16.9. The molecule has 3 unspecified atom stereocenters. The Morgan fingerprint density at radius 3 is 2.73 bits per heavy atom. The van der Waals surface area contributed by atoms with E-state index in [1.54, 1.807) is 24.3 Å². The molecule has 4 fully saturated rings. The lowest BCUT2D eigenvalue weighted by Gasteiger charge is -2.34. The topological polar surface area (TPSA) is 82.0 Å². The first-order valence-corrected chi connectivity index (χ1v) is 16.1. The number of piperidine rings is 1. The molecule has 0 amide bonds. The van der Waals surface area contributed by atoms with Crippen molar-refractivity contribution >= 4 is 27.5 Å². The van der Waals surface area contributed by atoms with E-state index in [9.17, 15) is 19.0 Å². The minimum atomic E-state index is -0.910. The van der Waals surface area contributed by atoms with E-state index in [1.165, 1.54) is 12.1 Å². The summed E-state index contributed by atoms with van der Waals surface area (Å²) in [6.45, 7) is 4.53. The van der Waals surface area contributed by atoms with Gasteiger partial charge in [-0.15, -0.1) is 0 Å². The molecule has 5 atom stereocenters. The van der Waals surface area contributed by atoms with E-state index < -0.39 is 17.5 Å². The molecule has 1 aliphatic carbocycles. The molecule has 0 spiro atoms. The lowest BCUT2D eigenvalue weighted by atomic mass is 9.92. The number of anilines is 1. The van der Waals surface area contributed by atoms with Gasteiger partial charge >= 0.3 is 6.01 Å². The Morgan fingerprint density at radius 1 is 1.04 bits per heavy atom. The fraction of sp³-hybridized carbons (Fsp3) is 0.486. The van der Waals surface area contributed by atoms with Crippen LogP contribution in [0.1, 0.15) is 44.6 Å². The van der Waals surface area contributed by atoms with Gasteiger partial charge in [-0.3, -0.25) is 4.90 Å². The van der Waals surface area contributed by atoms with Crippen molar-refractivity contribution in [1.29, 1.82) is 0 Å². The highest BCUT2D eigenvalue weighted by Crippen LogP contribution is 2.44. The Morgan fingerprint density at radius 2 is 1.91 bits per heavy atom. The van der Waals surface area contributed by atoms with Crippen LogP contribution >= 0.6 is 0 Å². The molecule has 4 aliphatic rings. The molecule has 1 saturated carbocycles. The molecule has 3 aromatic carbocycles. The van der Waals surface area contributed by atoms with Crippen molar-refractivity contribution in [2.24, 2.45) is 11.8 Å². The fourth-order valence-corrected chi connectivity index (χ4v) is 8.75. The summed E-state index contributed by atoms with van der Waals surface area (Å²) in [6.07, 6.45) is 2.97. The average Bonchev–Trinajstić information content (AvgIpc) is 3.63. The smallest absolute Gasteiger partial charge is 0.319 e. The van der Waals surface area contributed by atoms with Crippen LogP contribution in [0.15, 0.2) is 36.4 Å². The summed E-state index contributed by atoms with van der Waals surface area (Å²) >= 11 is 0. The predicted octanol–water partition coefficient (Wildman–Crippen LogP) is 6.16. The van der Waals surface area contributed by atoms with Gasteiger partial charge in [-0.1, -0.05) is 19.1 Å². The van der Waals surface area contributed by atoms with Crippen LogP contribution in [0, 0.1) is 23.5 Å². The van der Waals surface area contributed by atoms with Crippen molar-refractivity contribution in [1.82, 2.24) is 14.9 Å². The molecule has 7 nitrogen and oxygen atoms in total. The molecule has 4 aromatic rings. The van der Waals surface area contributed by atoms with Crippen molar-refractivity contribution in [2.45, 2.75) is 63.3 Å². The fourth-order valence-electron chi connectivity index (χ4n) is 8.75. The van der Waals surface area contributed by atoms with Crippen LogP contribution in [0.3, 0.4) is 0 Å². The monoisotopic (exact) mass is 618 g/mol. The van der Waals surface area contributed by atoms with E-state index in [0.717, 1.165) is 32.2 Å². The van der Waals surface area contributed by atoms with Crippen LogP contribution in [-0.2, 0) is 6.42 Å². The summed E-state index contributed by atoms with van der Waals surface area (Å²) in [5.74, 6) is -0.101. The van der Waals surface area contributed by atoms with Crippen molar-refractivity contribution in [3.8, 4) is 22.9 Å². The van der Waals surface area contributed by atoms with Gasteiger partial charge < -0.3 is 19.8 Å². The number of nitrogens with zero attached hydrogens (tertiary/aromatic N) is 4. The first-order chi connectivity index (χ1) is 21.7. The number of aliphatic hydroxyl groups is 1. The molecule has 45 heavy (non-hydrogen) atoms. The Balaban J connectivity index is 1.27. The Labute approximate surface area is 259 Å². The minimum Gasteiger partial charge on any atom is -0.508 e. The van der Waals surface area contributed by atoms with Gasteiger partial charge in [0.05, 0.1) is 11.6 Å².